The van der Waals surface area contributed by atoms with Crippen molar-refractivity contribution in [3.05, 3.63) is 45.7 Å². The Morgan fingerprint density at radius 3 is 2.69 bits per heavy atom. The zero-order valence-corrected chi connectivity index (χ0v) is 22.2. The largest absolute Gasteiger partial charge is 0.481 e. The summed E-state index contributed by atoms with van der Waals surface area (Å²) >= 11 is 12.6. The average molecular weight is 531 g/mol. The summed E-state index contributed by atoms with van der Waals surface area (Å²) in [6.45, 7) is 6.88. The van der Waals surface area contributed by atoms with Crippen LogP contribution in [0.3, 0.4) is 0 Å². The molecule has 0 saturated carbocycles. The Labute approximate surface area is 221 Å². The van der Waals surface area contributed by atoms with Gasteiger partial charge in [0.15, 0.2) is 5.65 Å². The van der Waals surface area contributed by atoms with Crippen molar-refractivity contribution in [3.8, 4) is 0 Å². The van der Waals surface area contributed by atoms with E-state index in [0.717, 1.165) is 80.0 Å². The number of carbonyl (C=O) groups is 1. The van der Waals surface area contributed by atoms with Crippen LogP contribution in [0.5, 0.6) is 0 Å². The highest BCUT2D eigenvalue weighted by Crippen LogP contribution is 2.32. The van der Waals surface area contributed by atoms with Crippen LogP contribution >= 0.6 is 23.2 Å². The van der Waals surface area contributed by atoms with Gasteiger partial charge >= 0.3 is 5.97 Å². The van der Waals surface area contributed by atoms with Crippen LogP contribution < -0.4 is 4.90 Å². The van der Waals surface area contributed by atoms with E-state index in [1.54, 1.807) is 6.07 Å². The molecular formula is C26H32Cl2N6O2. The molecule has 0 amide bonds. The smallest absolute Gasteiger partial charge is 0.303 e. The SMILES string of the molecule is Cc1nn([C@H](C)c2ccc(Cl)cc2Cl)c2nc(N3CCC(N4CCC[C@H]4CCC(=O)O)CC3)cnc12. The number of halogens is 2. The first-order valence-corrected chi connectivity index (χ1v) is 13.5. The third kappa shape index (κ3) is 5.04. The molecule has 5 rings (SSSR count). The average Bonchev–Trinajstić information content (AvgIpc) is 3.46. The number of carboxylic acid groups (broad SMARTS) is 1. The van der Waals surface area contributed by atoms with E-state index in [1.807, 2.05) is 29.9 Å². The number of nitrogens with zero attached hydrogens (tertiary/aromatic N) is 6. The monoisotopic (exact) mass is 530 g/mol. The molecule has 1 N–H and O–H groups in total. The van der Waals surface area contributed by atoms with E-state index in [-0.39, 0.29) is 12.5 Å². The van der Waals surface area contributed by atoms with Crippen LogP contribution in [0.15, 0.2) is 24.4 Å². The molecule has 36 heavy (non-hydrogen) atoms. The van der Waals surface area contributed by atoms with E-state index in [0.29, 0.717) is 22.1 Å². The Bertz CT molecular complexity index is 1260. The van der Waals surface area contributed by atoms with Gasteiger partial charge in [-0.2, -0.15) is 5.10 Å². The third-order valence-electron chi connectivity index (χ3n) is 7.71. The van der Waals surface area contributed by atoms with E-state index in [1.165, 1.54) is 0 Å². The van der Waals surface area contributed by atoms with Crippen LogP contribution in [-0.4, -0.2) is 67.4 Å². The van der Waals surface area contributed by atoms with Gasteiger partial charge in [-0.05, 0) is 70.2 Å². The van der Waals surface area contributed by atoms with Crippen molar-refractivity contribution in [2.75, 3.05) is 24.5 Å². The van der Waals surface area contributed by atoms with Crippen molar-refractivity contribution in [1.82, 2.24) is 24.6 Å². The molecule has 1 aromatic carbocycles. The van der Waals surface area contributed by atoms with Gasteiger partial charge in [0.25, 0.3) is 0 Å². The lowest BCUT2D eigenvalue weighted by Gasteiger charge is -2.39. The number of fused-ring (bicyclic) bond motifs is 1. The Balaban J connectivity index is 1.32. The number of aromatic nitrogens is 4. The summed E-state index contributed by atoms with van der Waals surface area (Å²) in [4.78, 5) is 25.7. The number of aliphatic carboxylic acids is 1. The minimum atomic E-state index is -0.701. The third-order valence-corrected chi connectivity index (χ3v) is 8.27. The molecule has 0 radical (unpaired) electrons. The van der Waals surface area contributed by atoms with Crippen molar-refractivity contribution in [1.29, 1.82) is 0 Å². The fourth-order valence-corrected chi connectivity index (χ4v) is 6.37. The molecule has 2 aliphatic rings. The van der Waals surface area contributed by atoms with Gasteiger partial charge in [-0.3, -0.25) is 9.69 Å². The van der Waals surface area contributed by atoms with Gasteiger partial charge < -0.3 is 10.0 Å². The second-order valence-electron chi connectivity index (χ2n) is 9.96. The molecule has 2 aromatic heterocycles. The van der Waals surface area contributed by atoms with Gasteiger partial charge in [0.2, 0.25) is 0 Å². The minimum Gasteiger partial charge on any atom is -0.481 e. The molecule has 0 spiro atoms. The van der Waals surface area contributed by atoms with Crippen LogP contribution in [0.2, 0.25) is 10.0 Å². The van der Waals surface area contributed by atoms with Gasteiger partial charge in [-0.25, -0.2) is 14.6 Å². The molecule has 0 bridgehead atoms. The lowest BCUT2D eigenvalue weighted by Crippen LogP contribution is -2.47. The lowest BCUT2D eigenvalue weighted by molar-refractivity contribution is -0.137. The van der Waals surface area contributed by atoms with Crippen molar-refractivity contribution in [2.45, 2.75) is 70.5 Å². The zero-order chi connectivity index (χ0) is 25.4. The summed E-state index contributed by atoms with van der Waals surface area (Å²) in [6.07, 6.45) is 7.20. The number of hydrogen-bond donors (Lipinski definition) is 1. The summed E-state index contributed by atoms with van der Waals surface area (Å²) in [5, 5.41) is 15.1. The number of piperidine rings is 1. The van der Waals surface area contributed by atoms with Crippen LogP contribution in [-0.2, 0) is 4.79 Å². The highest BCUT2D eigenvalue weighted by molar-refractivity contribution is 6.35. The molecule has 192 valence electrons. The molecule has 3 aromatic rings. The normalized spacial score (nSPS) is 20.3. The molecular weight excluding hydrogens is 499 g/mol. The highest BCUT2D eigenvalue weighted by atomic mass is 35.5. The number of aryl methyl sites for hydroxylation is 1. The number of anilines is 1. The number of rotatable bonds is 7. The van der Waals surface area contributed by atoms with Gasteiger partial charge in [-0.1, -0.05) is 29.3 Å². The topological polar surface area (TPSA) is 87.4 Å². The van der Waals surface area contributed by atoms with Gasteiger partial charge in [0.05, 0.1) is 17.9 Å². The maximum Gasteiger partial charge on any atom is 0.303 e. The minimum absolute atomic E-state index is 0.126. The van der Waals surface area contributed by atoms with Crippen molar-refractivity contribution in [2.24, 2.45) is 0 Å². The van der Waals surface area contributed by atoms with Crippen LogP contribution in [0.1, 0.15) is 62.7 Å². The lowest BCUT2D eigenvalue weighted by atomic mass is 10.0. The first-order valence-electron chi connectivity index (χ1n) is 12.7. The molecule has 2 saturated heterocycles. The highest BCUT2D eigenvalue weighted by Gasteiger charge is 2.33. The maximum atomic E-state index is 11.1. The summed E-state index contributed by atoms with van der Waals surface area (Å²) < 4.78 is 1.90. The predicted molar refractivity (Wildman–Crippen MR) is 142 cm³/mol. The van der Waals surface area contributed by atoms with E-state index >= 15 is 0 Å². The van der Waals surface area contributed by atoms with Crippen molar-refractivity contribution in [3.63, 3.8) is 0 Å². The molecule has 2 fully saturated rings. The Morgan fingerprint density at radius 1 is 1.19 bits per heavy atom. The van der Waals surface area contributed by atoms with Gasteiger partial charge in [-0.15, -0.1) is 0 Å². The quantitative estimate of drug-likeness (QED) is 0.440. The summed E-state index contributed by atoms with van der Waals surface area (Å²) in [7, 11) is 0. The zero-order valence-electron chi connectivity index (χ0n) is 20.7. The second kappa shape index (κ2) is 10.5. The number of benzene rings is 1. The van der Waals surface area contributed by atoms with Crippen LogP contribution in [0.4, 0.5) is 5.82 Å². The molecule has 2 aliphatic heterocycles. The first-order chi connectivity index (χ1) is 17.3. The summed E-state index contributed by atoms with van der Waals surface area (Å²) in [6, 6.07) is 6.29. The van der Waals surface area contributed by atoms with E-state index < -0.39 is 5.97 Å². The standard InChI is InChI=1S/C26H32Cl2N6O2/c1-16-25-26(34(31-16)17(2)21-7-5-18(27)14-22(21)28)30-23(15-29-25)32-12-9-20(10-13-32)33-11-3-4-19(33)6-8-24(35)36/h5,7,14-15,17,19-20H,3-4,6,8-13H2,1-2H3,(H,35,36)/t17-,19+/m1/s1. The molecule has 0 unspecified atom stereocenters. The molecule has 10 heteroatoms. The second-order valence-corrected chi connectivity index (χ2v) is 10.8. The predicted octanol–water partition coefficient (Wildman–Crippen LogP) is 5.35. The molecule has 4 heterocycles. The van der Waals surface area contributed by atoms with Crippen molar-refractivity contribution >= 4 is 46.2 Å². The number of likely N-dealkylation sites (tertiary alicyclic amines) is 1. The fraction of sp³-hybridized carbons (Fsp3) is 0.538. The fourth-order valence-electron chi connectivity index (χ4n) is 5.80. The number of hydrogen-bond acceptors (Lipinski definition) is 6. The number of carboxylic acids is 1. The van der Waals surface area contributed by atoms with Crippen LogP contribution in [0.25, 0.3) is 11.2 Å². The maximum absolute atomic E-state index is 11.1. The van der Waals surface area contributed by atoms with E-state index in [4.69, 9.17) is 43.4 Å². The summed E-state index contributed by atoms with van der Waals surface area (Å²) in [5.41, 5.74) is 3.31. The molecule has 2 atom stereocenters. The van der Waals surface area contributed by atoms with Crippen molar-refractivity contribution < 1.29 is 9.90 Å². The van der Waals surface area contributed by atoms with E-state index in [9.17, 15) is 4.79 Å². The summed E-state index contributed by atoms with van der Waals surface area (Å²) in [5.74, 6) is 0.160. The molecule has 8 nitrogen and oxygen atoms in total. The Kier molecular flexibility index (Phi) is 7.37. The van der Waals surface area contributed by atoms with Gasteiger partial charge in [0.1, 0.15) is 11.3 Å². The first kappa shape index (κ1) is 25.2. The van der Waals surface area contributed by atoms with Gasteiger partial charge in [0, 0.05) is 41.6 Å². The van der Waals surface area contributed by atoms with Crippen LogP contribution in [0, 0.1) is 6.92 Å². The Hall–Kier alpha value is -2.42. The Morgan fingerprint density at radius 2 is 1.97 bits per heavy atom. The molecule has 0 aliphatic carbocycles. The van der Waals surface area contributed by atoms with E-state index in [2.05, 4.69) is 16.7 Å².